The van der Waals surface area contributed by atoms with Crippen molar-refractivity contribution in [2.75, 3.05) is 19.6 Å². The summed E-state index contributed by atoms with van der Waals surface area (Å²) < 4.78 is 18.2. The number of rotatable bonds is 5. The maximum Gasteiger partial charge on any atom is 0.204 e. The molecule has 0 saturated heterocycles. The van der Waals surface area contributed by atoms with Crippen molar-refractivity contribution in [2.45, 2.75) is 6.92 Å². The van der Waals surface area contributed by atoms with Crippen molar-refractivity contribution < 1.29 is 13.9 Å². The van der Waals surface area contributed by atoms with Crippen molar-refractivity contribution in [1.29, 1.82) is 0 Å². The van der Waals surface area contributed by atoms with Gasteiger partial charge in [0.15, 0.2) is 11.5 Å². The summed E-state index contributed by atoms with van der Waals surface area (Å²) in [6.45, 7) is 2.04. The molecule has 6 nitrogen and oxygen atoms in total. The number of nitrogens with zero attached hydrogens (tertiary/aromatic N) is 2. The molecule has 2 aromatic heterocycles. The molecule has 0 spiro atoms. The number of hydrogen-bond donors (Lipinski definition) is 1. The molecular weight excluding hydrogens is 422 g/mol. The minimum Gasteiger partial charge on any atom is -0.493 e. The second kappa shape index (κ2) is 8.36. The highest BCUT2D eigenvalue weighted by Gasteiger charge is 2.11. The lowest BCUT2D eigenvalue weighted by Crippen LogP contribution is -2.07. The standard InChI is InChI=1S/C25H21N3O3S/c1-15-8-10-17-19(27-28-25-26-18-6-4-5-7-24(18)32-25)14-21(31-22(17)12-15)16-9-11-20(29-2)23(13-16)30-3/h4-14H,1-3H3,(H,26,28). The number of fused-ring (bicyclic) bond motifs is 2. The Labute approximate surface area is 188 Å². The van der Waals surface area contributed by atoms with Gasteiger partial charge in [-0.1, -0.05) is 29.5 Å². The molecule has 2 heterocycles. The molecule has 0 radical (unpaired) electrons. The molecule has 32 heavy (non-hydrogen) atoms. The van der Waals surface area contributed by atoms with Gasteiger partial charge in [0.2, 0.25) is 5.13 Å². The van der Waals surface area contributed by atoms with Gasteiger partial charge in [0, 0.05) is 17.0 Å². The summed E-state index contributed by atoms with van der Waals surface area (Å²) in [6, 6.07) is 21.7. The average Bonchev–Trinajstić information content (AvgIpc) is 3.24. The highest BCUT2D eigenvalue weighted by atomic mass is 32.1. The Morgan fingerprint density at radius 2 is 1.78 bits per heavy atom. The maximum atomic E-state index is 6.25. The van der Waals surface area contributed by atoms with E-state index in [1.807, 2.05) is 73.7 Å². The minimum absolute atomic E-state index is 0.635. The average molecular weight is 444 g/mol. The molecule has 7 heteroatoms. The first kappa shape index (κ1) is 20.1. The van der Waals surface area contributed by atoms with Crippen LogP contribution in [-0.4, -0.2) is 19.2 Å². The highest BCUT2D eigenvalue weighted by molar-refractivity contribution is 7.22. The lowest BCUT2D eigenvalue weighted by atomic mass is 10.1. The Morgan fingerprint density at radius 1 is 0.938 bits per heavy atom. The van der Waals surface area contributed by atoms with Crippen LogP contribution < -0.4 is 20.3 Å². The van der Waals surface area contributed by atoms with Crippen LogP contribution in [0.25, 0.3) is 32.5 Å². The molecule has 0 aliphatic rings. The predicted octanol–water partition coefficient (Wildman–Crippen LogP) is 5.96. The number of ether oxygens (including phenoxy) is 2. The molecule has 1 N–H and O–H groups in total. The lowest BCUT2D eigenvalue weighted by Gasteiger charge is -2.10. The van der Waals surface area contributed by atoms with Gasteiger partial charge in [0.05, 0.1) is 29.8 Å². The molecule has 0 bridgehead atoms. The number of thiazole rings is 1. The molecule has 0 fully saturated rings. The van der Waals surface area contributed by atoms with Gasteiger partial charge >= 0.3 is 0 Å². The topological polar surface area (TPSA) is 68.9 Å². The van der Waals surface area contributed by atoms with Crippen LogP contribution in [0.3, 0.4) is 0 Å². The number of aromatic nitrogens is 1. The van der Waals surface area contributed by atoms with Gasteiger partial charge < -0.3 is 13.9 Å². The molecule has 5 rings (SSSR count). The SMILES string of the molecule is COc1ccc(-c2cc(=NNc3nc4ccccc4s3)c3ccc(C)cc3o2)cc1OC. The molecule has 160 valence electrons. The Bertz CT molecular complexity index is 1470. The molecule has 5 aromatic rings. The summed E-state index contributed by atoms with van der Waals surface area (Å²) in [6.07, 6.45) is 0. The molecule has 0 aliphatic carbocycles. The van der Waals surface area contributed by atoms with Crippen molar-refractivity contribution in [2.24, 2.45) is 5.10 Å². The normalized spacial score (nSPS) is 11.8. The Hall–Kier alpha value is -3.84. The fourth-order valence-electron chi connectivity index (χ4n) is 3.53. The van der Waals surface area contributed by atoms with Gasteiger partial charge in [-0.25, -0.2) is 4.98 Å². The quantitative estimate of drug-likeness (QED) is 0.339. The molecule has 3 aromatic carbocycles. The maximum absolute atomic E-state index is 6.25. The first-order valence-corrected chi connectivity index (χ1v) is 10.9. The number of hydrogen-bond acceptors (Lipinski definition) is 7. The summed E-state index contributed by atoms with van der Waals surface area (Å²) >= 11 is 1.56. The zero-order valence-electron chi connectivity index (χ0n) is 17.9. The third kappa shape index (κ3) is 3.78. The minimum atomic E-state index is 0.635. The van der Waals surface area contributed by atoms with Crippen LogP contribution in [0, 0.1) is 6.92 Å². The monoisotopic (exact) mass is 443 g/mol. The zero-order valence-corrected chi connectivity index (χ0v) is 18.7. The van der Waals surface area contributed by atoms with E-state index in [0.29, 0.717) is 17.3 Å². The Kier molecular flexibility index (Phi) is 5.25. The number of anilines is 1. The van der Waals surface area contributed by atoms with E-state index in [1.165, 1.54) is 0 Å². The van der Waals surface area contributed by atoms with Gasteiger partial charge in [-0.2, -0.15) is 5.10 Å². The van der Waals surface area contributed by atoms with Crippen LogP contribution in [0.15, 0.2) is 76.2 Å². The van der Waals surface area contributed by atoms with Gasteiger partial charge in [-0.3, -0.25) is 5.43 Å². The summed E-state index contributed by atoms with van der Waals surface area (Å²) in [5.41, 5.74) is 6.79. The number of nitrogens with one attached hydrogen (secondary N) is 1. The first-order valence-electron chi connectivity index (χ1n) is 10.1. The number of benzene rings is 3. The van der Waals surface area contributed by atoms with Crippen LogP contribution in [0.1, 0.15) is 5.56 Å². The molecule has 0 amide bonds. The van der Waals surface area contributed by atoms with Gasteiger partial charge in [-0.15, -0.1) is 0 Å². The number of aryl methyl sites for hydroxylation is 1. The first-order chi connectivity index (χ1) is 15.6. The van der Waals surface area contributed by atoms with E-state index in [1.54, 1.807) is 25.6 Å². The van der Waals surface area contributed by atoms with Crippen molar-refractivity contribution in [1.82, 2.24) is 4.98 Å². The highest BCUT2D eigenvalue weighted by Crippen LogP contribution is 2.33. The van der Waals surface area contributed by atoms with E-state index in [9.17, 15) is 0 Å². The van der Waals surface area contributed by atoms with Crippen molar-refractivity contribution in [3.8, 4) is 22.8 Å². The van der Waals surface area contributed by atoms with E-state index in [4.69, 9.17) is 13.9 Å². The van der Waals surface area contributed by atoms with E-state index >= 15 is 0 Å². The third-order valence-electron chi connectivity index (χ3n) is 5.13. The molecule has 0 saturated carbocycles. The molecule has 0 atom stereocenters. The van der Waals surface area contributed by atoms with Gasteiger partial charge in [0.25, 0.3) is 0 Å². The molecule has 0 unspecified atom stereocenters. The Morgan fingerprint density at radius 3 is 2.59 bits per heavy atom. The van der Waals surface area contributed by atoms with Crippen LogP contribution in [-0.2, 0) is 0 Å². The lowest BCUT2D eigenvalue weighted by molar-refractivity contribution is 0.355. The van der Waals surface area contributed by atoms with Crippen LogP contribution in [0.2, 0.25) is 0 Å². The van der Waals surface area contributed by atoms with E-state index in [2.05, 4.69) is 15.5 Å². The smallest absolute Gasteiger partial charge is 0.204 e. The fraction of sp³-hybridized carbons (Fsp3) is 0.120. The molecular formula is C25H21N3O3S. The second-order valence-corrected chi connectivity index (χ2v) is 8.31. The van der Waals surface area contributed by atoms with Gasteiger partial charge in [0.1, 0.15) is 11.3 Å². The van der Waals surface area contributed by atoms with E-state index in [-0.39, 0.29) is 0 Å². The Balaban J connectivity index is 1.63. The van der Waals surface area contributed by atoms with Crippen LogP contribution in [0.5, 0.6) is 11.5 Å². The van der Waals surface area contributed by atoms with E-state index in [0.717, 1.165) is 42.8 Å². The third-order valence-corrected chi connectivity index (χ3v) is 6.08. The fourth-order valence-corrected chi connectivity index (χ4v) is 4.34. The van der Waals surface area contributed by atoms with Crippen molar-refractivity contribution >= 4 is 37.7 Å². The largest absolute Gasteiger partial charge is 0.493 e. The number of methoxy groups -OCH3 is 2. The number of para-hydroxylation sites is 1. The van der Waals surface area contributed by atoms with Crippen molar-refractivity contribution in [3.05, 3.63) is 77.7 Å². The van der Waals surface area contributed by atoms with Crippen molar-refractivity contribution in [3.63, 3.8) is 0 Å². The summed E-state index contributed by atoms with van der Waals surface area (Å²) in [4.78, 5) is 4.60. The molecule has 0 aliphatic heterocycles. The van der Waals surface area contributed by atoms with Crippen LogP contribution >= 0.6 is 11.3 Å². The second-order valence-electron chi connectivity index (χ2n) is 7.28. The van der Waals surface area contributed by atoms with Gasteiger partial charge in [-0.05, 0) is 55.0 Å². The predicted molar refractivity (Wildman–Crippen MR) is 128 cm³/mol. The van der Waals surface area contributed by atoms with Crippen LogP contribution in [0.4, 0.5) is 5.13 Å². The summed E-state index contributed by atoms with van der Waals surface area (Å²) in [5.74, 6) is 1.97. The van der Waals surface area contributed by atoms with E-state index < -0.39 is 0 Å². The summed E-state index contributed by atoms with van der Waals surface area (Å²) in [7, 11) is 3.23. The zero-order chi connectivity index (χ0) is 22.1. The summed E-state index contributed by atoms with van der Waals surface area (Å²) in [5, 5.41) is 7.08.